The molecule has 1 unspecified atom stereocenters. The Labute approximate surface area is 178 Å². The largest absolute Gasteiger partial charge is 0.573 e. The summed E-state index contributed by atoms with van der Waals surface area (Å²) in [5, 5.41) is 2.86. The number of benzene rings is 1. The summed E-state index contributed by atoms with van der Waals surface area (Å²) in [5.41, 5.74) is 0.273. The molecular formula is C18H17F3N5O4S+. The van der Waals surface area contributed by atoms with E-state index in [0.717, 1.165) is 28.8 Å². The van der Waals surface area contributed by atoms with Gasteiger partial charge in [-0.25, -0.2) is 9.79 Å². The van der Waals surface area contributed by atoms with E-state index in [1.54, 1.807) is 6.92 Å². The SMILES string of the molecule is CC1=NC2=[N+](C)C(=O)N(C)C(=O)C2C(SCC(=O)Nc2ccc(OC(F)(F)F)cc2)=N1. The van der Waals surface area contributed by atoms with Gasteiger partial charge in [0.25, 0.3) is 5.84 Å². The van der Waals surface area contributed by atoms with Crippen LogP contribution in [0.3, 0.4) is 0 Å². The Balaban J connectivity index is 1.66. The zero-order valence-electron chi connectivity index (χ0n) is 16.6. The smallest absolute Gasteiger partial charge is 0.406 e. The van der Waals surface area contributed by atoms with Crippen LogP contribution in [0.15, 0.2) is 34.3 Å². The van der Waals surface area contributed by atoms with E-state index < -0.39 is 35.9 Å². The van der Waals surface area contributed by atoms with Crippen LogP contribution in [0.4, 0.5) is 23.7 Å². The topological polar surface area (TPSA) is 103 Å². The zero-order chi connectivity index (χ0) is 22.9. The molecule has 2 aliphatic rings. The van der Waals surface area contributed by atoms with Crippen molar-refractivity contribution in [3.63, 3.8) is 0 Å². The van der Waals surface area contributed by atoms with E-state index in [4.69, 9.17) is 0 Å². The molecule has 164 valence electrons. The van der Waals surface area contributed by atoms with Gasteiger partial charge in [0.15, 0.2) is 5.92 Å². The van der Waals surface area contributed by atoms with Gasteiger partial charge >= 0.3 is 18.3 Å². The molecule has 0 saturated carbocycles. The van der Waals surface area contributed by atoms with Gasteiger partial charge < -0.3 is 10.1 Å². The van der Waals surface area contributed by atoms with Crippen molar-refractivity contribution in [1.82, 2.24) is 4.90 Å². The van der Waals surface area contributed by atoms with Gasteiger partial charge in [-0.1, -0.05) is 16.8 Å². The predicted molar refractivity (Wildman–Crippen MR) is 108 cm³/mol. The lowest BCUT2D eigenvalue weighted by Crippen LogP contribution is -2.54. The molecule has 0 spiro atoms. The van der Waals surface area contributed by atoms with Crippen LogP contribution in [0, 0.1) is 5.92 Å². The Morgan fingerprint density at radius 3 is 2.52 bits per heavy atom. The number of hydrogen-bond acceptors (Lipinski definition) is 7. The Bertz CT molecular complexity index is 1030. The number of nitrogens with one attached hydrogen (secondary N) is 1. The third-order valence-electron chi connectivity index (χ3n) is 4.27. The number of nitrogens with zero attached hydrogens (tertiary/aromatic N) is 4. The van der Waals surface area contributed by atoms with Crippen molar-refractivity contribution in [3.05, 3.63) is 24.3 Å². The van der Waals surface area contributed by atoms with Gasteiger partial charge in [-0.05, 0) is 24.3 Å². The van der Waals surface area contributed by atoms with Crippen LogP contribution in [0.5, 0.6) is 5.75 Å². The monoisotopic (exact) mass is 456 g/mol. The van der Waals surface area contributed by atoms with Crippen LogP contribution in [0.1, 0.15) is 6.92 Å². The molecule has 13 heteroatoms. The Hall–Kier alpha value is -3.22. The number of anilines is 1. The van der Waals surface area contributed by atoms with Gasteiger partial charge in [0, 0.05) is 12.6 Å². The van der Waals surface area contributed by atoms with Gasteiger partial charge in [-0.2, -0.15) is 9.48 Å². The van der Waals surface area contributed by atoms with Crippen LogP contribution in [-0.4, -0.2) is 70.2 Å². The fraction of sp³-hybridized carbons (Fsp3) is 0.333. The number of hydrogen-bond donors (Lipinski definition) is 1. The van der Waals surface area contributed by atoms with Crippen LogP contribution in [0.2, 0.25) is 0 Å². The molecule has 1 atom stereocenters. The van der Waals surface area contributed by atoms with E-state index in [1.807, 2.05) is 0 Å². The summed E-state index contributed by atoms with van der Waals surface area (Å²) >= 11 is 1.01. The standard InChI is InChI=1S/C18H16F3N5O4S/c1-9-22-14-13(16(28)26(3)17(29)25(14)2)15(23-9)31-8-12(27)24-10-4-6-11(7-5-10)30-18(19,20)21/h4-7,13H,8H2,1-3H3/p+1. The molecule has 2 aliphatic heterocycles. The van der Waals surface area contributed by atoms with Crippen LogP contribution in [-0.2, 0) is 9.59 Å². The highest BCUT2D eigenvalue weighted by Gasteiger charge is 2.48. The molecule has 4 amide bonds. The van der Waals surface area contributed by atoms with Crippen LogP contribution >= 0.6 is 11.8 Å². The molecule has 2 heterocycles. The van der Waals surface area contributed by atoms with E-state index in [1.165, 1.54) is 30.8 Å². The molecule has 3 rings (SSSR count). The molecule has 31 heavy (non-hydrogen) atoms. The number of thioether (sulfide) groups is 1. The molecule has 1 aromatic carbocycles. The zero-order valence-corrected chi connectivity index (χ0v) is 17.4. The number of amidine groups is 2. The number of aliphatic imine (C=N–C) groups is 2. The first-order valence-electron chi connectivity index (χ1n) is 8.80. The van der Waals surface area contributed by atoms with Crippen molar-refractivity contribution >= 4 is 52.0 Å². The second-order valence-corrected chi connectivity index (χ2v) is 7.54. The molecular weight excluding hydrogens is 439 g/mol. The second-order valence-electron chi connectivity index (χ2n) is 6.55. The molecule has 0 aliphatic carbocycles. The summed E-state index contributed by atoms with van der Waals surface area (Å²) in [6.45, 7) is 1.61. The highest BCUT2D eigenvalue weighted by atomic mass is 32.2. The van der Waals surface area contributed by atoms with Gasteiger partial charge in [-0.15, -0.1) is 13.2 Å². The highest BCUT2D eigenvalue weighted by molar-refractivity contribution is 8.14. The lowest BCUT2D eigenvalue weighted by atomic mass is 10.1. The molecule has 0 saturated heterocycles. The number of halogens is 3. The lowest BCUT2D eigenvalue weighted by Gasteiger charge is -2.26. The summed E-state index contributed by atoms with van der Waals surface area (Å²) in [5.74, 6) is -1.80. The average Bonchev–Trinajstić information content (AvgIpc) is 2.69. The third-order valence-corrected chi connectivity index (χ3v) is 5.30. The van der Waals surface area contributed by atoms with Gasteiger partial charge in [0.2, 0.25) is 11.7 Å². The first-order chi connectivity index (χ1) is 14.5. The minimum atomic E-state index is -4.80. The number of alkyl halides is 3. The van der Waals surface area contributed by atoms with Crippen molar-refractivity contribution < 1.29 is 36.9 Å². The van der Waals surface area contributed by atoms with Crippen molar-refractivity contribution in [2.45, 2.75) is 13.3 Å². The summed E-state index contributed by atoms with van der Waals surface area (Å²) in [6.07, 6.45) is -4.80. The molecule has 1 aromatic rings. The van der Waals surface area contributed by atoms with Gasteiger partial charge in [-0.3, -0.25) is 9.59 Å². The fourth-order valence-corrected chi connectivity index (χ4v) is 3.80. The summed E-state index contributed by atoms with van der Waals surface area (Å²) < 4.78 is 41.7. The number of fused-ring (bicyclic) bond motifs is 1. The van der Waals surface area contributed by atoms with Crippen molar-refractivity contribution in [3.8, 4) is 5.75 Å². The predicted octanol–water partition coefficient (Wildman–Crippen LogP) is 2.34. The van der Waals surface area contributed by atoms with Gasteiger partial charge in [0.1, 0.15) is 10.8 Å². The number of rotatable bonds is 4. The number of ether oxygens (including phenoxy) is 1. The quantitative estimate of drug-likeness (QED) is 0.701. The number of carbonyl (C=O) groups is 3. The van der Waals surface area contributed by atoms with Crippen molar-refractivity contribution in [2.24, 2.45) is 15.9 Å². The maximum Gasteiger partial charge on any atom is 0.573 e. The average molecular weight is 456 g/mol. The minimum absolute atomic E-state index is 0.120. The van der Waals surface area contributed by atoms with E-state index in [0.29, 0.717) is 10.9 Å². The van der Waals surface area contributed by atoms with E-state index in [9.17, 15) is 27.6 Å². The Morgan fingerprint density at radius 2 is 1.90 bits per heavy atom. The first-order valence-corrected chi connectivity index (χ1v) is 9.79. The fourth-order valence-electron chi connectivity index (χ4n) is 2.88. The third kappa shape index (κ3) is 5.10. The molecule has 9 nitrogen and oxygen atoms in total. The summed E-state index contributed by atoms with van der Waals surface area (Å²) in [7, 11) is 2.85. The summed E-state index contributed by atoms with van der Waals surface area (Å²) in [4.78, 5) is 46.4. The molecule has 1 N–H and O–H groups in total. The number of imide groups is 1. The van der Waals surface area contributed by atoms with E-state index in [-0.39, 0.29) is 17.3 Å². The number of amides is 4. The molecule has 0 aromatic heterocycles. The van der Waals surface area contributed by atoms with E-state index in [2.05, 4.69) is 20.0 Å². The second kappa shape index (κ2) is 8.49. The normalized spacial score (nSPS) is 19.0. The number of carbonyl (C=O) groups excluding carboxylic acids is 3. The van der Waals surface area contributed by atoms with Crippen LogP contribution in [0.25, 0.3) is 0 Å². The highest BCUT2D eigenvalue weighted by Crippen LogP contribution is 2.26. The maximum atomic E-state index is 12.6. The van der Waals surface area contributed by atoms with Crippen molar-refractivity contribution in [2.75, 3.05) is 25.2 Å². The minimum Gasteiger partial charge on any atom is -0.406 e. The molecule has 0 bridgehead atoms. The molecule has 0 fully saturated rings. The number of urea groups is 1. The Morgan fingerprint density at radius 1 is 1.26 bits per heavy atom. The maximum absolute atomic E-state index is 12.6. The van der Waals surface area contributed by atoms with Crippen LogP contribution < -0.4 is 10.1 Å². The Kier molecular flexibility index (Phi) is 6.15. The van der Waals surface area contributed by atoms with Gasteiger partial charge in [0.05, 0.1) is 19.8 Å². The first kappa shape index (κ1) is 22.5. The van der Waals surface area contributed by atoms with Crippen molar-refractivity contribution in [1.29, 1.82) is 0 Å². The summed E-state index contributed by atoms with van der Waals surface area (Å²) in [6, 6.07) is 4.17. The van der Waals surface area contributed by atoms with E-state index >= 15 is 0 Å². The molecule has 0 radical (unpaired) electrons. The lowest BCUT2D eigenvalue weighted by molar-refractivity contribution is -0.407.